The third kappa shape index (κ3) is 3.70. The number of fused-ring (bicyclic) bond motifs is 1. The molecule has 0 bridgehead atoms. The Hall–Kier alpha value is -1.51. The number of nitrogens with zero attached hydrogens (tertiary/aromatic N) is 3. The van der Waals surface area contributed by atoms with Crippen molar-refractivity contribution in [3.05, 3.63) is 28.9 Å². The van der Waals surface area contributed by atoms with E-state index in [9.17, 15) is 8.42 Å². The van der Waals surface area contributed by atoms with E-state index < -0.39 is 9.84 Å². The minimum atomic E-state index is -2.89. The summed E-state index contributed by atoms with van der Waals surface area (Å²) in [4.78, 5) is 8.99. The molecule has 2 aromatic heterocycles. The van der Waals surface area contributed by atoms with E-state index in [0.29, 0.717) is 24.6 Å². The van der Waals surface area contributed by atoms with Crippen molar-refractivity contribution in [3.8, 4) is 11.4 Å². The minimum absolute atomic E-state index is 0. The van der Waals surface area contributed by atoms with Gasteiger partial charge in [0.1, 0.15) is 0 Å². The van der Waals surface area contributed by atoms with Crippen LogP contribution in [0.15, 0.2) is 10.7 Å². The van der Waals surface area contributed by atoms with Gasteiger partial charge in [-0.15, -0.1) is 12.4 Å². The average molecular weight is 385 g/mol. The summed E-state index contributed by atoms with van der Waals surface area (Å²) in [5.74, 6) is 1.64. The van der Waals surface area contributed by atoms with Crippen LogP contribution in [0.3, 0.4) is 0 Å². The van der Waals surface area contributed by atoms with Crippen LogP contribution in [-0.2, 0) is 29.2 Å². The summed E-state index contributed by atoms with van der Waals surface area (Å²) in [7, 11) is -2.89. The molecule has 1 saturated heterocycles. The van der Waals surface area contributed by atoms with E-state index in [1.807, 2.05) is 13.1 Å². The molecule has 1 unspecified atom stereocenters. The van der Waals surface area contributed by atoms with Gasteiger partial charge in [0.2, 0.25) is 11.7 Å². The van der Waals surface area contributed by atoms with E-state index in [1.165, 1.54) is 11.1 Å². The molecule has 0 saturated carbocycles. The van der Waals surface area contributed by atoms with Crippen LogP contribution in [0.4, 0.5) is 0 Å². The number of sulfone groups is 1. The number of hydrogen-bond acceptors (Lipinski definition) is 7. The summed E-state index contributed by atoms with van der Waals surface area (Å²) in [6.45, 7) is 3.69. The second kappa shape index (κ2) is 7.01. The van der Waals surface area contributed by atoms with Crippen LogP contribution in [0.25, 0.3) is 11.4 Å². The first-order valence-electron chi connectivity index (χ1n) is 8.23. The minimum Gasteiger partial charge on any atom is -0.339 e. The van der Waals surface area contributed by atoms with Crippen LogP contribution in [-0.4, -0.2) is 41.6 Å². The topological polar surface area (TPSA) is 98.0 Å². The zero-order chi connectivity index (χ0) is 16.7. The zero-order valence-corrected chi connectivity index (χ0v) is 15.6. The van der Waals surface area contributed by atoms with Gasteiger partial charge in [-0.3, -0.25) is 4.98 Å². The fourth-order valence-electron chi connectivity index (χ4n) is 3.59. The molecule has 0 spiro atoms. The molecular formula is C16H21ClN4O3S. The van der Waals surface area contributed by atoms with Crippen molar-refractivity contribution in [2.75, 3.05) is 18.1 Å². The Balaban J connectivity index is 0.00000182. The lowest BCUT2D eigenvalue weighted by Crippen LogP contribution is -2.24. The maximum absolute atomic E-state index is 11.6. The standard InChI is InChI=1S/C16H20N4O3S.ClH/c1-10-15(13-2-4-17-7-12(13)8-18-10)16-19-14(23-20-16)6-11-3-5-24(21,22)9-11;/h8,11,17H,2-7,9H2,1H3;1H. The number of rotatable bonds is 3. The number of hydrogen-bond donors (Lipinski definition) is 1. The smallest absolute Gasteiger partial charge is 0.227 e. The van der Waals surface area contributed by atoms with Gasteiger partial charge in [-0.1, -0.05) is 5.16 Å². The molecule has 4 rings (SSSR count). The molecule has 0 amide bonds. The molecule has 136 valence electrons. The Morgan fingerprint density at radius 3 is 3.00 bits per heavy atom. The van der Waals surface area contributed by atoms with Gasteiger partial charge in [-0.25, -0.2) is 8.42 Å². The molecule has 7 nitrogen and oxygen atoms in total. The van der Waals surface area contributed by atoms with Crippen LogP contribution < -0.4 is 5.32 Å². The van der Waals surface area contributed by atoms with Gasteiger partial charge in [0, 0.05) is 30.4 Å². The fraction of sp³-hybridized carbons (Fsp3) is 0.562. The quantitative estimate of drug-likeness (QED) is 0.855. The first-order chi connectivity index (χ1) is 11.5. The molecule has 0 aliphatic carbocycles. The van der Waals surface area contributed by atoms with Crippen LogP contribution in [0.5, 0.6) is 0 Å². The van der Waals surface area contributed by atoms with Crippen LogP contribution in [0, 0.1) is 12.8 Å². The van der Waals surface area contributed by atoms with Crippen molar-refractivity contribution < 1.29 is 12.9 Å². The van der Waals surface area contributed by atoms with Gasteiger partial charge in [0.15, 0.2) is 9.84 Å². The molecule has 2 aliphatic heterocycles. The lowest BCUT2D eigenvalue weighted by molar-refractivity contribution is 0.359. The first kappa shape index (κ1) is 18.3. The average Bonchev–Trinajstić information content (AvgIpc) is 3.14. The lowest BCUT2D eigenvalue weighted by Gasteiger charge is -2.19. The monoisotopic (exact) mass is 384 g/mol. The summed E-state index contributed by atoms with van der Waals surface area (Å²) in [6.07, 6.45) is 4.02. The Kier molecular flexibility index (Phi) is 5.13. The number of halogens is 1. The van der Waals surface area contributed by atoms with Crippen molar-refractivity contribution in [2.24, 2.45) is 5.92 Å². The van der Waals surface area contributed by atoms with Crippen molar-refractivity contribution in [1.29, 1.82) is 0 Å². The molecule has 1 atom stereocenters. The molecular weight excluding hydrogens is 364 g/mol. The van der Waals surface area contributed by atoms with Gasteiger partial charge in [-0.05, 0) is 43.4 Å². The third-order valence-corrected chi connectivity index (χ3v) is 6.65. The number of aromatic nitrogens is 3. The first-order valence-corrected chi connectivity index (χ1v) is 10.1. The lowest BCUT2D eigenvalue weighted by atomic mass is 9.95. The highest BCUT2D eigenvalue weighted by atomic mass is 35.5. The summed E-state index contributed by atoms with van der Waals surface area (Å²) < 4.78 is 28.6. The Labute approximate surface area is 152 Å². The van der Waals surface area contributed by atoms with Crippen LogP contribution in [0.1, 0.15) is 29.1 Å². The predicted molar refractivity (Wildman–Crippen MR) is 95.4 cm³/mol. The maximum Gasteiger partial charge on any atom is 0.227 e. The molecule has 9 heteroatoms. The second-order valence-corrected chi connectivity index (χ2v) is 8.86. The summed E-state index contributed by atoms with van der Waals surface area (Å²) in [6, 6.07) is 0. The van der Waals surface area contributed by atoms with Crippen LogP contribution >= 0.6 is 12.4 Å². The van der Waals surface area contributed by atoms with E-state index in [4.69, 9.17) is 4.52 Å². The molecule has 1 fully saturated rings. The van der Waals surface area contributed by atoms with E-state index in [2.05, 4.69) is 20.4 Å². The Morgan fingerprint density at radius 2 is 2.24 bits per heavy atom. The molecule has 2 aliphatic rings. The molecule has 2 aromatic rings. The van der Waals surface area contributed by atoms with Gasteiger partial charge in [0.05, 0.1) is 11.5 Å². The highest BCUT2D eigenvalue weighted by Crippen LogP contribution is 2.29. The predicted octanol–water partition coefficient (Wildman–Crippen LogP) is 1.48. The highest BCUT2D eigenvalue weighted by molar-refractivity contribution is 7.91. The second-order valence-electron chi connectivity index (χ2n) is 6.63. The summed E-state index contributed by atoms with van der Waals surface area (Å²) in [5, 5.41) is 7.48. The van der Waals surface area contributed by atoms with Gasteiger partial charge in [0.25, 0.3) is 0 Å². The van der Waals surface area contributed by atoms with Crippen molar-refractivity contribution in [1.82, 2.24) is 20.4 Å². The van der Waals surface area contributed by atoms with E-state index in [1.54, 1.807) is 0 Å². The van der Waals surface area contributed by atoms with Gasteiger partial charge in [-0.2, -0.15) is 4.98 Å². The molecule has 4 heterocycles. The third-order valence-electron chi connectivity index (χ3n) is 4.81. The zero-order valence-electron chi connectivity index (χ0n) is 14.0. The van der Waals surface area contributed by atoms with Crippen LogP contribution in [0.2, 0.25) is 0 Å². The van der Waals surface area contributed by atoms with E-state index in [-0.39, 0.29) is 29.8 Å². The highest BCUT2D eigenvalue weighted by Gasteiger charge is 2.30. The molecule has 0 radical (unpaired) electrons. The number of nitrogens with one attached hydrogen (secondary N) is 1. The molecule has 0 aromatic carbocycles. The van der Waals surface area contributed by atoms with Gasteiger partial charge >= 0.3 is 0 Å². The Bertz CT molecular complexity index is 882. The molecule has 25 heavy (non-hydrogen) atoms. The maximum atomic E-state index is 11.6. The van der Waals surface area contributed by atoms with Gasteiger partial charge < -0.3 is 9.84 Å². The Morgan fingerprint density at radius 1 is 1.40 bits per heavy atom. The van der Waals surface area contributed by atoms with E-state index >= 15 is 0 Å². The van der Waals surface area contributed by atoms with E-state index in [0.717, 1.165) is 30.8 Å². The normalized spacial score (nSPS) is 21.6. The summed E-state index contributed by atoms with van der Waals surface area (Å²) >= 11 is 0. The largest absolute Gasteiger partial charge is 0.339 e. The number of aryl methyl sites for hydroxylation is 1. The SMILES string of the molecule is Cc1ncc2c(c1-c1noc(CC3CCS(=O)(=O)C3)n1)CCNC2.Cl. The summed E-state index contributed by atoms with van der Waals surface area (Å²) in [5.41, 5.74) is 4.27. The number of pyridine rings is 1. The van der Waals surface area contributed by atoms with Crippen molar-refractivity contribution in [3.63, 3.8) is 0 Å². The van der Waals surface area contributed by atoms with Crippen molar-refractivity contribution >= 4 is 22.2 Å². The molecule has 1 N–H and O–H groups in total. The fourth-order valence-corrected chi connectivity index (χ4v) is 5.45. The van der Waals surface area contributed by atoms with Crippen molar-refractivity contribution in [2.45, 2.75) is 32.7 Å².